The third-order valence-corrected chi connectivity index (χ3v) is 6.49. The Labute approximate surface area is 198 Å². The molecule has 6 rings (SSSR count). The summed E-state index contributed by atoms with van der Waals surface area (Å²) >= 11 is 0. The molecule has 0 saturated heterocycles. The highest BCUT2D eigenvalue weighted by atomic mass is 19.1. The van der Waals surface area contributed by atoms with E-state index in [1.807, 2.05) is 31.2 Å². The number of pyridine rings is 3. The molecule has 5 aromatic rings. The number of ether oxygens (including phenoxy) is 1. The van der Waals surface area contributed by atoms with Crippen LogP contribution in [0.1, 0.15) is 18.4 Å². The zero-order chi connectivity index (χ0) is 24.2. The molecule has 0 spiro atoms. The first-order chi connectivity index (χ1) is 17.0. The lowest BCUT2D eigenvalue weighted by Gasteiger charge is -2.14. The molecule has 0 radical (unpaired) electrons. The minimum absolute atomic E-state index is 0.244. The molecule has 0 amide bonds. The first-order valence-corrected chi connectivity index (χ1v) is 11.2. The molecular formula is C26H20FN6O2+. The SMILES string of the molecule is Cc1cc2[nH]c(=O)c(-[n+]3ccccc3)c(-c3ccc(F)c4[nH]ncc34)c2nc1OCC1(C#N)CC1. The van der Waals surface area contributed by atoms with E-state index < -0.39 is 11.2 Å². The van der Waals surface area contributed by atoms with Gasteiger partial charge in [0.05, 0.1) is 28.8 Å². The van der Waals surface area contributed by atoms with Gasteiger partial charge in [0.1, 0.15) is 23.5 Å². The molecule has 1 aliphatic carbocycles. The highest BCUT2D eigenvalue weighted by Crippen LogP contribution is 2.45. The van der Waals surface area contributed by atoms with Gasteiger partial charge in [0, 0.05) is 28.6 Å². The van der Waals surface area contributed by atoms with Gasteiger partial charge in [-0.15, -0.1) is 0 Å². The van der Waals surface area contributed by atoms with Crippen molar-refractivity contribution in [1.29, 1.82) is 5.26 Å². The Bertz CT molecular complexity index is 1710. The highest BCUT2D eigenvalue weighted by Gasteiger charge is 2.44. The van der Waals surface area contributed by atoms with E-state index in [1.165, 1.54) is 12.3 Å². The van der Waals surface area contributed by atoms with Crippen molar-refractivity contribution in [2.75, 3.05) is 6.61 Å². The van der Waals surface area contributed by atoms with Crippen molar-refractivity contribution in [3.63, 3.8) is 0 Å². The minimum atomic E-state index is -0.456. The van der Waals surface area contributed by atoms with Gasteiger partial charge in [-0.1, -0.05) is 12.1 Å². The van der Waals surface area contributed by atoms with E-state index in [-0.39, 0.29) is 17.7 Å². The molecule has 8 nitrogen and oxygen atoms in total. The van der Waals surface area contributed by atoms with Crippen LogP contribution in [0.2, 0.25) is 0 Å². The second-order valence-electron chi connectivity index (χ2n) is 8.90. The van der Waals surface area contributed by atoms with Gasteiger partial charge in [-0.05, 0) is 31.9 Å². The van der Waals surface area contributed by atoms with Crippen molar-refractivity contribution in [1.82, 2.24) is 20.2 Å². The maximum absolute atomic E-state index is 14.5. The lowest BCUT2D eigenvalue weighted by molar-refractivity contribution is -0.596. The molecule has 4 heterocycles. The Morgan fingerprint density at radius 1 is 1.26 bits per heavy atom. The number of rotatable bonds is 5. The smallest absolute Gasteiger partial charge is 0.321 e. The zero-order valence-electron chi connectivity index (χ0n) is 18.8. The first kappa shape index (κ1) is 21.0. The van der Waals surface area contributed by atoms with E-state index in [0.29, 0.717) is 39.1 Å². The van der Waals surface area contributed by atoms with Crippen LogP contribution in [-0.2, 0) is 0 Å². The predicted octanol–water partition coefficient (Wildman–Crippen LogP) is 3.87. The van der Waals surface area contributed by atoms with Gasteiger partial charge >= 0.3 is 5.56 Å². The lowest BCUT2D eigenvalue weighted by atomic mass is 9.98. The molecule has 0 aliphatic heterocycles. The van der Waals surface area contributed by atoms with Crippen LogP contribution in [0, 0.1) is 29.5 Å². The Hall–Kier alpha value is -4.58. The number of nitrogens with zero attached hydrogens (tertiary/aromatic N) is 4. The third-order valence-electron chi connectivity index (χ3n) is 6.49. The van der Waals surface area contributed by atoms with Gasteiger partial charge in [0.15, 0.2) is 12.4 Å². The summed E-state index contributed by atoms with van der Waals surface area (Å²) in [7, 11) is 0. The van der Waals surface area contributed by atoms with Gasteiger partial charge in [0.2, 0.25) is 5.88 Å². The first-order valence-electron chi connectivity index (χ1n) is 11.2. The molecule has 0 bridgehead atoms. The average Bonchev–Trinajstić information content (AvgIpc) is 3.47. The fourth-order valence-electron chi connectivity index (χ4n) is 4.35. The number of benzene rings is 1. The van der Waals surface area contributed by atoms with Crippen LogP contribution >= 0.6 is 0 Å². The van der Waals surface area contributed by atoms with E-state index in [2.05, 4.69) is 21.3 Å². The molecule has 172 valence electrons. The summed E-state index contributed by atoms with van der Waals surface area (Å²) in [6.45, 7) is 2.10. The Morgan fingerprint density at radius 3 is 2.80 bits per heavy atom. The monoisotopic (exact) mass is 467 g/mol. The van der Waals surface area contributed by atoms with E-state index >= 15 is 0 Å². The van der Waals surface area contributed by atoms with Crippen LogP contribution in [-0.4, -0.2) is 26.8 Å². The Morgan fingerprint density at radius 2 is 2.06 bits per heavy atom. The fourth-order valence-corrected chi connectivity index (χ4v) is 4.35. The van der Waals surface area contributed by atoms with Gasteiger partial charge in [-0.2, -0.15) is 14.9 Å². The van der Waals surface area contributed by atoms with E-state index in [9.17, 15) is 14.4 Å². The Balaban J connectivity index is 1.66. The number of hydrogen-bond acceptors (Lipinski definition) is 5. The van der Waals surface area contributed by atoms with Gasteiger partial charge in [-0.3, -0.25) is 9.89 Å². The van der Waals surface area contributed by atoms with Crippen LogP contribution in [0.25, 0.3) is 38.8 Å². The van der Waals surface area contributed by atoms with Gasteiger partial charge in [0.25, 0.3) is 5.69 Å². The number of aryl methyl sites for hydroxylation is 1. The number of hydrogen-bond donors (Lipinski definition) is 2. The van der Waals surface area contributed by atoms with Crippen LogP contribution in [0.3, 0.4) is 0 Å². The average molecular weight is 467 g/mol. The standard InChI is InChI=1S/C26H19FN6O2/c1-15-11-19-22(31-25(15)35-14-26(13-28)7-8-26)20(16-5-6-18(27)21-17(16)12-29-32-21)23(24(34)30-19)33-9-3-2-4-10-33/h2-6,9-12H,7-8,14H2,1H3,(H-,29,30,32,34)/p+1. The third kappa shape index (κ3) is 3.42. The number of fused-ring (bicyclic) bond motifs is 2. The minimum Gasteiger partial charge on any atom is -0.476 e. The summed E-state index contributed by atoms with van der Waals surface area (Å²) < 4.78 is 22.2. The van der Waals surface area contributed by atoms with Crippen LogP contribution < -0.4 is 14.9 Å². The Kier molecular flexibility index (Phi) is 4.64. The molecule has 0 unspecified atom stereocenters. The van der Waals surface area contributed by atoms with E-state index in [4.69, 9.17) is 9.72 Å². The van der Waals surface area contributed by atoms with Crippen molar-refractivity contribution in [2.24, 2.45) is 5.41 Å². The second kappa shape index (κ2) is 7.74. The molecule has 9 heteroatoms. The number of nitriles is 1. The number of nitrogens with one attached hydrogen (secondary N) is 2. The van der Waals surface area contributed by atoms with Crippen LogP contribution in [0.5, 0.6) is 5.88 Å². The fraction of sp³-hybridized carbons (Fsp3) is 0.192. The maximum atomic E-state index is 14.5. The molecule has 1 saturated carbocycles. The van der Waals surface area contributed by atoms with Gasteiger partial charge < -0.3 is 9.72 Å². The van der Waals surface area contributed by atoms with E-state index in [0.717, 1.165) is 18.4 Å². The molecule has 4 aromatic heterocycles. The maximum Gasteiger partial charge on any atom is 0.321 e. The summed E-state index contributed by atoms with van der Waals surface area (Å²) in [5, 5.41) is 16.7. The molecule has 2 N–H and O–H groups in total. The van der Waals surface area contributed by atoms with Gasteiger partial charge in [-0.25, -0.2) is 9.37 Å². The molecule has 1 fully saturated rings. The van der Waals surface area contributed by atoms with Crippen LogP contribution in [0.15, 0.2) is 59.8 Å². The highest BCUT2D eigenvalue weighted by molar-refractivity contribution is 6.04. The molecular weight excluding hydrogens is 447 g/mol. The summed E-state index contributed by atoms with van der Waals surface area (Å²) in [5.74, 6) is -0.0507. The summed E-state index contributed by atoms with van der Waals surface area (Å²) in [6, 6.07) is 12.6. The summed E-state index contributed by atoms with van der Waals surface area (Å²) in [6.07, 6.45) is 6.68. The predicted molar refractivity (Wildman–Crippen MR) is 126 cm³/mol. The van der Waals surface area contributed by atoms with Crippen molar-refractivity contribution >= 4 is 21.9 Å². The van der Waals surface area contributed by atoms with Crippen molar-refractivity contribution in [2.45, 2.75) is 19.8 Å². The molecule has 35 heavy (non-hydrogen) atoms. The van der Waals surface area contributed by atoms with E-state index in [1.54, 1.807) is 23.0 Å². The molecule has 1 aromatic carbocycles. The van der Waals surface area contributed by atoms with Crippen molar-refractivity contribution < 1.29 is 13.7 Å². The largest absolute Gasteiger partial charge is 0.476 e. The van der Waals surface area contributed by atoms with Crippen molar-refractivity contribution in [3.05, 3.63) is 76.7 Å². The van der Waals surface area contributed by atoms with Crippen LogP contribution in [0.4, 0.5) is 4.39 Å². The molecule has 1 aliphatic rings. The number of halogens is 1. The number of aromatic amines is 2. The quantitative estimate of drug-likeness (QED) is 0.381. The molecule has 0 atom stereocenters. The number of aromatic nitrogens is 5. The summed E-state index contributed by atoms with van der Waals surface area (Å²) in [4.78, 5) is 21.2. The zero-order valence-corrected chi connectivity index (χ0v) is 18.8. The number of H-pyrrole nitrogens is 2. The lowest BCUT2D eigenvalue weighted by Crippen LogP contribution is -2.37. The normalized spacial score (nSPS) is 14.2. The second-order valence-corrected chi connectivity index (χ2v) is 8.90. The van der Waals surface area contributed by atoms with Crippen molar-refractivity contribution in [3.8, 4) is 28.8 Å². The topological polar surface area (TPSA) is 111 Å². The summed E-state index contributed by atoms with van der Waals surface area (Å²) in [5.41, 5.74) is 2.69.